The van der Waals surface area contributed by atoms with Crippen LogP contribution in [0.1, 0.15) is 25.3 Å². The van der Waals surface area contributed by atoms with E-state index in [0.29, 0.717) is 12.6 Å². The number of nitrogens with one attached hydrogen (secondary N) is 2. The predicted octanol–water partition coefficient (Wildman–Crippen LogP) is 2.60. The van der Waals surface area contributed by atoms with Gasteiger partial charge in [-0.3, -0.25) is 4.90 Å². The molecule has 1 aliphatic heterocycles. The first-order chi connectivity index (χ1) is 9.15. The monoisotopic (exact) mass is 261 g/mol. The van der Waals surface area contributed by atoms with Gasteiger partial charge < -0.3 is 10.6 Å². The molecule has 0 unspecified atom stereocenters. The zero-order valence-corrected chi connectivity index (χ0v) is 11.8. The molecule has 1 heterocycles. The van der Waals surface area contributed by atoms with Gasteiger partial charge in [0, 0.05) is 18.3 Å². The quantitative estimate of drug-likeness (QED) is 0.875. The smallest absolute Gasteiger partial charge is 0.319 e. The minimum atomic E-state index is -0.130. The Hall–Kier alpha value is -1.55. The van der Waals surface area contributed by atoms with Gasteiger partial charge in [0.25, 0.3) is 0 Å². The second kappa shape index (κ2) is 6.57. The van der Waals surface area contributed by atoms with Gasteiger partial charge in [-0.25, -0.2) is 4.79 Å². The maximum absolute atomic E-state index is 11.8. The lowest BCUT2D eigenvalue weighted by molar-refractivity contribution is 0.234. The number of aryl methyl sites for hydroxylation is 1. The SMILES string of the molecule is Cc1ccc(NC(=O)NC[C@@H](C)N2CCCC2)cc1. The summed E-state index contributed by atoms with van der Waals surface area (Å²) >= 11 is 0. The summed E-state index contributed by atoms with van der Waals surface area (Å²) in [6, 6.07) is 8.09. The van der Waals surface area contributed by atoms with Crippen LogP contribution < -0.4 is 10.6 Å². The van der Waals surface area contributed by atoms with Gasteiger partial charge in [-0.05, 0) is 51.9 Å². The number of likely N-dealkylation sites (tertiary alicyclic amines) is 1. The molecule has 0 spiro atoms. The van der Waals surface area contributed by atoms with E-state index in [2.05, 4.69) is 22.5 Å². The van der Waals surface area contributed by atoms with E-state index in [9.17, 15) is 4.79 Å². The van der Waals surface area contributed by atoms with Crippen molar-refractivity contribution in [1.82, 2.24) is 10.2 Å². The molecule has 4 nitrogen and oxygen atoms in total. The molecule has 0 aliphatic carbocycles. The number of urea groups is 1. The third-order valence-electron chi connectivity index (χ3n) is 3.63. The molecule has 1 atom stereocenters. The molecule has 2 rings (SSSR count). The van der Waals surface area contributed by atoms with Gasteiger partial charge in [0.15, 0.2) is 0 Å². The third-order valence-corrected chi connectivity index (χ3v) is 3.63. The topological polar surface area (TPSA) is 44.4 Å². The molecule has 1 saturated heterocycles. The molecule has 1 aromatic carbocycles. The molecule has 2 N–H and O–H groups in total. The van der Waals surface area contributed by atoms with Crippen LogP contribution in [-0.4, -0.2) is 36.6 Å². The van der Waals surface area contributed by atoms with Crippen molar-refractivity contribution in [2.45, 2.75) is 32.7 Å². The lowest BCUT2D eigenvalue weighted by atomic mass is 10.2. The van der Waals surface area contributed by atoms with Crippen LogP contribution >= 0.6 is 0 Å². The van der Waals surface area contributed by atoms with E-state index >= 15 is 0 Å². The average Bonchev–Trinajstić information content (AvgIpc) is 2.93. The number of nitrogens with zero attached hydrogens (tertiary/aromatic N) is 1. The standard InChI is InChI=1S/C15H23N3O/c1-12-5-7-14(8-6-12)17-15(19)16-11-13(2)18-9-3-4-10-18/h5-8,13H,3-4,9-11H2,1-2H3,(H2,16,17,19)/t13-/m1/s1. The van der Waals surface area contributed by atoms with Crippen LogP contribution in [0.4, 0.5) is 10.5 Å². The first kappa shape index (κ1) is 13.9. The predicted molar refractivity (Wildman–Crippen MR) is 78.5 cm³/mol. The highest BCUT2D eigenvalue weighted by Crippen LogP contribution is 2.11. The Bertz CT molecular complexity index is 410. The summed E-state index contributed by atoms with van der Waals surface area (Å²) in [5.41, 5.74) is 2.02. The van der Waals surface area contributed by atoms with Crippen molar-refractivity contribution in [3.8, 4) is 0 Å². The fourth-order valence-electron chi connectivity index (χ4n) is 2.36. The van der Waals surface area contributed by atoms with E-state index in [0.717, 1.165) is 18.8 Å². The van der Waals surface area contributed by atoms with Crippen molar-refractivity contribution in [1.29, 1.82) is 0 Å². The number of hydrogen-bond acceptors (Lipinski definition) is 2. The molecule has 2 amide bonds. The van der Waals surface area contributed by atoms with Gasteiger partial charge in [0.05, 0.1) is 0 Å². The maximum atomic E-state index is 11.8. The molecule has 0 aromatic heterocycles. The van der Waals surface area contributed by atoms with Crippen molar-refractivity contribution in [2.24, 2.45) is 0 Å². The number of anilines is 1. The van der Waals surface area contributed by atoms with Gasteiger partial charge in [-0.15, -0.1) is 0 Å². The van der Waals surface area contributed by atoms with E-state index in [1.165, 1.54) is 18.4 Å². The Morgan fingerprint density at radius 2 is 1.89 bits per heavy atom. The summed E-state index contributed by atoms with van der Waals surface area (Å²) in [4.78, 5) is 14.2. The van der Waals surface area contributed by atoms with Crippen LogP contribution in [0.15, 0.2) is 24.3 Å². The first-order valence-corrected chi connectivity index (χ1v) is 7.01. The second-order valence-electron chi connectivity index (χ2n) is 5.29. The first-order valence-electron chi connectivity index (χ1n) is 7.01. The molecule has 19 heavy (non-hydrogen) atoms. The second-order valence-corrected chi connectivity index (χ2v) is 5.29. The Morgan fingerprint density at radius 3 is 2.53 bits per heavy atom. The largest absolute Gasteiger partial charge is 0.336 e. The molecule has 1 aliphatic rings. The summed E-state index contributed by atoms with van der Waals surface area (Å²) in [6.07, 6.45) is 2.56. The number of hydrogen-bond donors (Lipinski definition) is 2. The van der Waals surface area contributed by atoms with Crippen molar-refractivity contribution >= 4 is 11.7 Å². The summed E-state index contributed by atoms with van der Waals surface area (Å²) in [5.74, 6) is 0. The van der Waals surface area contributed by atoms with Crippen LogP contribution in [0.25, 0.3) is 0 Å². The van der Waals surface area contributed by atoms with E-state index < -0.39 is 0 Å². The number of carbonyl (C=O) groups excluding carboxylic acids is 1. The molecule has 1 aromatic rings. The van der Waals surface area contributed by atoms with Crippen LogP contribution in [0, 0.1) is 6.92 Å². The Labute approximate surface area is 115 Å². The maximum Gasteiger partial charge on any atom is 0.319 e. The summed E-state index contributed by atoms with van der Waals surface area (Å²) in [7, 11) is 0. The average molecular weight is 261 g/mol. The molecule has 4 heteroatoms. The van der Waals surface area contributed by atoms with Crippen molar-refractivity contribution in [3.63, 3.8) is 0 Å². The number of rotatable bonds is 4. The van der Waals surface area contributed by atoms with Gasteiger partial charge >= 0.3 is 6.03 Å². The Balaban J connectivity index is 1.73. The van der Waals surface area contributed by atoms with E-state index in [1.807, 2.05) is 31.2 Å². The molecule has 0 radical (unpaired) electrons. The highest BCUT2D eigenvalue weighted by Gasteiger charge is 2.18. The summed E-state index contributed by atoms with van der Waals surface area (Å²) in [6.45, 7) is 7.20. The molecule has 0 saturated carbocycles. The van der Waals surface area contributed by atoms with Crippen molar-refractivity contribution in [3.05, 3.63) is 29.8 Å². The van der Waals surface area contributed by atoms with Crippen LogP contribution in [-0.2, 0) is 0 Å². The third kappa shape index (κ3) is 4.24. The van der Waals surface area contributed by atoms with Crippen LogP contribution in [0.3, 0.4) is 0 Å². The Kier molecular flexibility index (Phi) is 4.80. The molecular formula is C15H23N3O. The van der Waals surface area contributed by atoms with Gasteiger partial charge in [0.2, 0.25) is 0 Å². The van der Waals surface area contributed by atoms with Crippen LogP contribution in [0.2, 0.25) is 0 Å². The van der Waals surface area contributed by atoms with E-state index in [-0.39, 0.29) is 6.03 Å². The molecule has 0 bridgehead atoms. The van der Waals surface area contributed by atoms with Crippen molar-refractivity contribution in [2.75, 3.05) is 25.0 Å². The zero-order chi connectivity index (χ0) is 13.7. The van der Waals surface area contributed by atoms with E-state index in [4.69, 9.17) is 0 Å². The number of benzene rings is 1. The minimum Gasteiger partial charge on any atom is -0.336 e. The fraction of sp³-hybridized carbons (Fsp3) is 0.533. The van der Waals surface area contributed by atoms with E-state index in [1.54, 1.807) is 0 Å². The van der Waals surface area contributed by atoms with Crippen molar-refractivity contribution < 1.29 is 4.79 Å². The zero-order valence-electron chi connectivity index (χ0n) is 11.8. The molecular weight excluding hydrogens is 238 g/mol. The lowest BCUT2D eigenvalue weighted by Gasteiger charge is -2.23. The Morgan fingerprint density at radius 1 is 1.26 bits per heavy atom. The highest BCUT2D eigenvalue weighted by atomic mass is 16.2. The van der Waals surface area contributed by atoms with Gasteiger partial charge in [-0.2, -0.15) is 0 Å². The summed E-state index contributed by atoms with van der Waals surface area (Å²) in [5, 5.41) is 5.78. The van der Waals surface area contributed by atoms with Crippen LogP contribution in [0.5, 0.6) is 0 Å². The van der Waals surface area contributed by atoms with Gasteiger partial charge in [-0.1, -0.05) is 17.7 Å². The molecule has 1 fully saturated rings. The lowest BCUT2D eigenvalue weighted by Crippen LogP contribution is -2.42. The molecule has 104 valence electrons. The minimum absolute atomic E-state index is 0.130. The fourth-order valence-corrected chi connectivity index (χ4v) is 2.36. The van der Waals surface area contributed by atoms with Gasteiger partial charge in [0.1, 0.15) is 0 Å². The number of amides is 2. The highest BCUT2D eigenvalue weighted by molar-refractivity contribution is 5.89. The summed E-state index contributed by atoms with van der Waals surface area (Å²) < 4.78 is 0. The normalized spacial score (nSPS) is 17.2. The number of carbonyl (C=O) groups is 1.